The van der Waals surface area contributed by atoms with Gasteiger partial charge in [0.05, 0.1) is 17.3 Å². The Hall–Kier alpha value is -2.85. The van der Waals surface area contributed by atoms with Crippen molar-refractivity contribution in [3.05, 3.63) is 48.5 Å². The number of nitrogens with zero attached hydrogens (tertiary/aromatic N) is 2. The molecule has 0 unspecified atom stereocenters. The van der Waals surface area contributed by atoms with E-state index < -0.39 is 15.1 Å². The zero-order chi connectivity index (χ0) is 23.1. The zero-order valence-corrected chi connectivity index (χ0v) is 19.7. The Labute approximate surface area is 191 Å². The molecule has 3 rings (SSSR count). The minimum absolute atomic E-state index is 0.00619. The van der Waals surface area contributed by atoms with Gasteiger partial charge in [-0.25, -0.2) is 8.42 Å². The number of thioether (sulfide) groups is 1. The molecule has 2 aromatic carbocycles. The lowest BCUT2D eigenvalue weighted by atomic mass is 10.2. The first-order valence-electron chi connectivity index (χ1n) is 10.0. The van der Waals surface area contributed by atoms with Crippen LogP contribution in [0.4, 0.5) is 6.01 Å². The third-order valence-electron chi connectivity index (χ3n) is 4.60. The first-order valence-corrected chi connectivity index (χ1v) is 12.6. The highest BCUT2D eigenvalue weighted by Crippen LogP contribution is 2.24. The van der Waals surface area contributed by atoms with E-state index in [9.17, 15) is 13.2 Å². The molecule has 32 heavy (non-hydrogen) atoms. The lowest BCUT2D eigenvalue weighted by Crippen LogP contribution is -2.13. The number of benzene rings is 2. The molecule has 0 aliphatic rings. The molecule has 0 aliphatic carbocycles. The van der Waals surface area contributed by atoms with Crippen LogP contribution in [0.5, 0.6) is 5.75 Å². The van der Waals surface area contributed by atoms with Gasteiger partial charge >= 0.3 is 6.01 Å². The summed E-state index contributed by atoms with van der Waals surface area (Å²) in [5.74, 6) is 1.59. The number of methoxy groups -OCH3 is 1. The number of carbonyl (C=O) groups is 1. The summed E-state index contributed by atoms with van der Waals surface area (Å²) < 4.78 is 35.1. The van der Waals surface area contributed by atoms with Crippen LogP contribution in [0.25, 0.3) is 11.5 Å². The molecular formula is C22H25N3O5S2. The average molecular weight is 476 g/mol. The van der Waals surface area contributed by atoms with Crippen LogP contribution in [-0.4, -0.2) is 42.6 Å². The van der Waals surface area contributed by atoms with Crippen molar-refractivity contribution in [2.24, 2.45) is 0 Å². The normalized spacial score (nSPS) is 11.5. The van der Waals surface area contributed by atoms with Crippen molar-refractivity contribution in [2.75, 3.05) is 18.2 Å². The number of carbonyl (C=O) groups excluding carboxylic acids is 1. The van der Waals surface area contributed by atoms with Crippen molar-refractivity contribution in [3.63, 3.8) is 0 Å². The maximum absolute atomic E-state index is 12.2. The molecule has 0 spiro atoms. The van der Waals surface area contributed by atoms with E-state index in [-0.39, 0.29) is 22.7 Å². The number of sulfone groups is 1. The predicted molar refractivity (Wildman–Crippen MR) is 124 cm³/mol. The van der Waals surface area contributed by atoms with Crippen LogP contribution >= 0.6 is 11.8 Å². The first kappa shape index (κ1) is 23.8. The van der Waals surface area contributed by atoms with Gasteiger partial charge in [0.15, 0.2) is 9.84 Å². The monoisotopic (exact) mass is 475 g/mol. The highest BCUT2D eigenvalue weighted by Gasteiger charge is 2.19. The number of hydrogen-bond donors (Lipinski definition) is 1. The molecule has 0 atom stereocenters. The lowest BCUT2D eigenvalue weighted by molar-refractivity contribution is -0.116. The highest BCUT2D eigenvalue weighted by molar-refractivity contribution is 7.99. The van der Waals surface area contributed by atoms with Crippen molar-refractivity contribution < 1.29 is 22.4 Å². The predicted octanol–water partition coefficient (Wildman–Crippen LogP) is 4.44. The number of nitrogens with one attached hydrogen (secondary N) is 1. The first-order chi connectivity index (χ1) is 15.3. The second kappa shape index (κ2) is 10.6. The van der Waals surface area contributed by atoms with Crippen LogP contribution in [0.15, 0.2) is 62.7 Å². The van der Waals surface area contributed by atoms with Crippen LogP contribution in [-0.2, 0) is 14.6 Å². The van der Waals surface area contributed by atoms with Crippen molar-refractivity contribution >= 4 is 33.5 Å². The summed E-state index contributed by atoms with van der Waals surface area (Å²) in [4.78, 5) is 13.5. The molecular weight excluding hydrogens is 450 g/mol. The molecule has 1 N–H and O–H groups in total. The van der Waals surface area contributed by atoms with E-state index in [0.29, 0.717) is 18.4 Å². The molecule has 10 heteroatoms. The number of anilines is 1. The third-order valence-corrected chi connectivity index (χ3v) is 7.87. The summed E-state index contributed by atoms with van der Waals surface area (Å²) in [6.07, 6.45) is 1.01. The van der Waals surface area contributed by atoms with Gasteiger partial charge in [-0.2, -0.15) is 0 Å². The minimum Gasteiger partial charge on any atom is -0.497 e. The Morgan fingerprint density at radius 1 is 1.09 bits per heavy atom. The van der Waals surface area contributed by atoms with E-state index in [4.69, 9.17) is 9.15 Å². The Morgan fingerprint density at radius 2 is 1.78 bits per heavy atom. The standard InChI is InChI=1S/C22H25N3O5S2/c1-15(2)32(27,28)19-12-6-16(7-13-19)21-24-25-22(30-21)23-20(26)5-4-14-31-18-10-8-17(29-3)9-11-18/h6-13,15H,4-5,14H2,1-3H3,(H,23,25,26). The zero-order valence-electron chi connectivity index (χ0n) is 18.1. The van der Waals surface area contributed by atoms with E-state index in [1.807, 2.05) is 24.3 Å². The fourth-order valence-electron chi connectivity index (χ4n) is 2.73. The van der Waals surface area contributed by atoms with Gasteiger partial charge in [0, 0.05) is 16.9 Å². The fourth-order valence-corrected chi connectivity index (χ4v) is 4.64. The number of aromatic nitrogens is 2. The molecule has 0 saturated carbocycles. The molecule has 0 fully saturated rings. The summed E-state index contributed by atoms with van der Waals surface area (Å²) in [5.41, 5.74) is 0.566. The maximum atomic E-state index is 12.2. The van der Waals surface area contributed by atoms with Gasteiger partial charge in [0.1, 0.15) is 5.75 Å². The van der Waals surface area contributed by atoms with Gasteiger partial charge in [-0.3, -0.25) is 10.1 Å². The van der Waals surface area contributed by atoms with Crippen LogP contribution in [0.2, 0.25) is 0 Å². The van der Waals surface area contributed by atoms with Gasteiger partial charge in [0.25, 0.3) is 0 Å². The minimum atomic E-state index is -3.35. The van der Waals surface area contributed by atoms with Crippen LogP contribution in [0.3, 0.4) is 0 Å². The van der Waals surface area contributed by atoms with Gasteiger partial charge in [-0.05, 0) is 74.6 Å². The molecule has 0 aliphatic heterocycles. The van der Waals surface area contributed by atoms with Gasteiger partial charge in [0.2, 0.25) is 11.8 Å². The smallest absolute Gasteiger partial charge is 0.322 e. The fraction of sp³-hybridized carbons (Fsp3) is 0.318. The number of amides is 1. The van der Waals surface area contributed by atoms with E-state index in [0.717, 1.165) is 16.4 Å². The lowest BCUT2D eigenvalue weighted by Gasteiger charge is -2.07. The summed E-state index contributed by atoms with van der Waals surface area (Å²) in [6, 6.07) is 14.0. The maximum Gasteiger partial charge on any atom is 0.322 e. The number of ether oxygens (including phenoxy) is 1. The summed E-state index contributed by atoms with van der Waals surface area (Å²) in [5, 5.41) is 9.85. The van der Waals surface area contributed by atoms with Crippen molar-refractivity contribution in [1.29, 1.82) is 0 Å². The summed E-state index contributed by atoms with van der Waals surface area (Å²) in [6.45, 7) is 3.27. The van der Waals surface area contributed by atoms with E-state index in [2.05, 4.69) is 15.5 Å². The molecule has 0 bridgehead atoms. The van der Waals surface area contributed by atoms with Gasteiger partial charge < -0.3 is 9.15 Å². The number of hydrogen-bond acceptors (Lipinski definition) is 8. The Bertz CT molecular complexity index is 1140. The second-order valence-corrected chi connectivity index (χ2v) is 10.9. The molecule has 0 saturated heterocycles. The quantitative estimate of drug-likeness (QED) is 0.338. The van der Waals surface area contributed by atoms with E-state index >= 15 is 0 Å². The van der Waals surface area contributed by atoms with E-state index in [1.54, 1.807) is 44.9 Å². The molecule has 3 aromatic rings. The van der Waals surface area contributed by atoms with Crippen LogP contribution in [0, 0.1) is 0 Å². The Kier molecular flexibility index (Phi) is 7.92. The molecule has 1 heterocycles. The van der Waals surface area contributed by atoms with Gasteiger partial charge in [-0.1, -0.05) is 5.10 Å². The molecule has 170 valence electrons. The van der Waals surface area contributed by atoms with Crippen molar-refractivity contribution in [2.45, 2.75) is 41.7 Å². The molecule has 1 amide bonds. The van der Waals surface area contributed by atoms with Crippen molar-refractivity contribution in [1.82, 2.24) is 10.2 Å². The molecule has 1 aromatic heterocycles. The number of rotatable bonds is 10. The van der Waals surface area contributed by atoms with E-state index in [1.165, 1.54) is 12.1 Å². The second-order valence-electron chi connectivity index (χ2n) is 7.21. The third kappa shape index (κ3) is 6.10. The largest absolute Gasteiger partial charge is 0.497 e. The SMILES string of the molecule is COc1ccc(SCCCC(=O)Nc2nnc(-c3ccc(S(=O)(=O)C(C)C)cc3)o2)cc1. The van der Waals surface area contributed by atoms with Crippen molar-refractivity contribution in [3.8, 4) is 17.2 Å². The van der Waals surface area contributed by atoms with Crippen LogP contribution in [0.1, 0.15) is 26.7 Å². The summed E-state index contributed by atoms with van der Waals surface area (Å²) in [7, 11) is -1.72. The van der Waals surface area contributed by atoms with Gasteiger partial charge in [-0.15, -0.1) is 16.9 Å². The summed E-state index contributed by atoms with van der Waals surface area (Å²) >= 11 is 1.66. The highest BCUT2D eigenvalue weighted by atomic mass is 32.2. The van der Waals surface area contributed by atoms with Crippen LogP contribution < -0.4 is 10.1 Å². The average Bonchev–Trinajstić information content (AvgIpc) is 3.25. The molecule has 0 radical (unpaired) electrons. The molecule has 8 nitrogen and oxygen atoms in total. The Morgan fingerprint density at radius 3 is 2.41 bits per heavy atom. The topological polar surface area (TPSA) is 111 Å². The Balaban J connectivity index is 1.48.